The minimum absolute atomic E-state index is 0.260. The molecule has 1 amide bonds. The quantitative estimate of drug-likeness (QED) is 0.566. The van der Waals surface area contributed by atoms with E-state index >= 15 is 0 Å². The van der Waals surface area contributed by atoms with Gasteiger partial charge >= 0.3 is 0 Å². The summed E-state index contributed by atoms with van der Waals surface area (Å²) < 4.78 is 0. The Morgan fingerprint density at radius 2 is 1.69 bits per heavy atom. The molecule has 0 aliphatic carbocycles. The van der Waals surface area contributed by atoms with Crippen molar-refractivity contribution in [2.45, 2.75) is 40.0 Å². The lowest BCUT2D eigenvalue weighted by Crippen LogP contribution is -2.49. The van der Waals surface area contributed by atoms with Crippen LogP contribution in [-0.2, 0) is 11.2 Å². The summed E-state index contributed by atoms with van der Waals surface area (Å²) >= 11 is 0. The van der Waals surface area contributed by atoms with Crippen molar-refractivity contribution in [1.29, 1.82) is 0 Å². The normalized spacial score (nSPS) is 14.0. The van der Waals surface area contributed by atoms with E-state index in [-0.39, 0.29) is 5.91 Å². The highest BCUT2D eigenvalue weighted by Crippen LogP contribution is 2.28. The monoisotopic (exact) mass is 428 g/mol. The van der Waals surface area contributed by atoms with Gasteiger partial charge < -0.3 is 9.80 Å². The van der Waals surface area contributed by atoms with E-state index in [9.17, 15) is 4.79 Å². The maximum Gasteiger partial charge on any atom is 0.222 e. The molecule has 1 aromatic heterocycles. The van der Waals surface area contributed by atoms with E-state index in [1.54, 1.807) is 0 Å². The van der Waals surface area contributed by atoms with Gasteiger partial charge in [0, 0.05) is 55.8 Å². The molecule has 0 unspecified atom stereocenters. The number of rotatable bonds is 6. The van der Waals surface area contributed by atoms with Crippen molar-refractivity contribution in [2.24, 2.45) is 0 Å². The molecule has 3 aromatic rings. The number of hydrogen-bond acceptors (Lipinski definition) is 4. The Hall–Kier alpha value is -3.21. The number of carbonyl (C=O) groups is 1. The Morgan fingerprint density at radius 3 is 2.38 bits per heavy atom. The summed E-state index contributed by atoms with van der Waals surface area (Å²) in [5.41, 5.74) is 5.67. The van der Waals surface area contributed by atoms with Gasteiger partial charge in [0.2, 0.25) is 5.91 Å². The molecule has 0 saturated carbocycles. The third-order valence-electron chi connectivity index (χ3n) is 6.09. The molecule has 0 radical (unpaired) electrons. The topological polar surface area (TPSA) is 49.3 Å². The number of anilines is 1. The molecular formula is C27H32N4O. The average Bonchev–Trinajstić information content (AvgIpc) is 2.81. The number of aromatic nitrogens is 2. The number of hydrogen-bond donors (Lipinski definition) is 0. The van der Waals surface area contributed by atoms with E-state index in [4.69, 9.17) is 9.97 Å². The molecule has 0 spiro atoms. The van der Waals surface area contributed by atoms with Crippen LogP contribution in [0.2, 0.25) is 0 Å². The molecular weight excluding hydrogens is 396 g/mol. The van der Waals surface area contributed by atoms with Crippen LogP contribution in [0.5, 0.6) is 0 Å². The van der Waals surface area contributed by atoms with E-state index in [1.165, 1.54) is 16.7 Å². The summed E-state index contributed by atoms with van der Waals surface area (Å²) in [7, 11) is 0. The molecule has 2 aromatic carbocycles. The maximum absolute atomic E-state index is 12.4. The Kier molecular flexibility index (Phi) is 6.84. The zero-order chi connectivity index (χ0) is 22.5. The van der Waals surface area contributed by atoms with Crippen LogP contribution in [-0.4, -0.2) is 47.0 Å². The standard InChI is InChI=1S/C27H32N4O/c1-4-9-25(32)30-14-16-31(17-15-30)27-24(19-22-11-6-5-7-12-22)21(3)28-26(29-27)23-13-8-10-20(2)18-23/h5-8,10-13,18H,4,9,14-17,19H2,1-3H3. The van der Waals surface area contributed by atoms with Crippen LogP contribution in [0.4, 0.5) is 5.82 Å². The first-order chi connectivity index (χ1) is 15.5. The van der Waals surface area contributed by atoms with E-state index < -0.39 is 0 Å². The molecule has 5 nitrogen and oxygen atoms in total. The van der Waals surface area contributed by atoms with E-state index in [0.29, 0.717) is 6.42 Å². The van der Waals surface area contributed by atoms with Gasteiger partial charge in [-0.25, -0.2) is 9.97 Å². The van der Waals surface area contributed by atoms with Crippen molar-refractivity contribution < 1.29 is 4.79 Å². The van der Waals surface area contributed by atoms with Crippen LogP contribution in [0.15, 0.2) is 54.6 Å². The summed E-state index contributed by atoms with van der Waals surface area (Å²) in [6.45, 7) is 9.30. The Balaban J connectivity index is 1.68. The van der Waals surface area contributed by atoms with Gasteiger partial charge in [-0.05, 0) is 31.9 Å². The molecule has 166 valence electrons. The molecule has 0 atom stereocenters. The van der Waals surface area contributed by atoms with Gasteiger partial charge in [-0.15, -0.1) is 0 Å². The minimum atomic E-state index is 0.260. The summed E-state index contributed by atoms with van der Waals surface area (Å²) in [5.74, 6) is 2.03. The first-order valence-corrected chi connectivity index (χ1v) is 11.6. The second kappa shape index (κ2) is 9.94. The molecule has 1 saturated heterocycles. The minimum Gasteiger partial charge on any atom is -0.353 e. The molecule has 5 heteroatoms. The van der Waals surface area contributed by atoms with Gasteiger partial charge in [-0.3, -0.25) is 4.79 Å². The molecule has 4 rings (SSSR count). The maximum atomic E-state index is 12.4. The molecule has 1 fully saturated rings. The smallest absolute Gasteiger partial charge is 0.222 e. The Morgan fingerprint density at radius 1 is 0.938 bits per heavy atom. The largest absolute Gasteiger partial charge is 0.353 e. The highest BCUT2D eigenvalue weighted by molar-refractivity contribution is 5.76. The van der Waals surface area contributed by atoms with Crippen LogP contribution < -0.4 is 4.90 Å². The lowest BCUT2D eigenvalue weighted by Gasteiger charge is -2.36. The van der Waals surface area contributed by atoms with Crippen molar-refractivity contribution in [1.82, 2.24) is 14.9 Å². The van der Waals surface area contributed by atoms with Gasteiger partial charge in [0.05, 0.1) is 0 Å². The highest BCUT2D eigenvalue weighted by atomic mass is 16.2. The van der Waals surface area contributed by atoms with Gasteiger partial charge in [0.25, 0.3) is 0 Å². The summed E-state index contributed by atoms with van der Waals surface area (Å²) in [6, 6.07) is 18.8. The molecule has 2 heterocycles. The van der Waals surface area contributed by atoms with Gasteiger partial charge in [0.15, 0.2) is 5.82 Å². The zero-order valence-electron chi connectivity index (χ0n) is 19.3. The molecule has 1 aliphatic rings. The average molecular weight is 429 g/mol. The number of benzene rings is 2. The van der Waals surface area contributed by atoms with E-state index in [2.05, 4.69) is 74.2 Å². The third kappa shape index (κ3) is 4.98. The summed E-state index contributed by atoms with van der Waals surface area (Å²) in [5, 5.41) is 0. The third-order valence-corrected chi connectivity index (χ3v) is 6.09. The van der Waals surface area contributed by atoms with Crippen LogP contribution in [0.3, 0.4) is 0 Å². The molecule has 32 heavy (non-hydrogen) atoms. The number of amides is 1. The van der Waals surface area contributed by atoms with Gasteiger partial charge in [-0.1, -0.05) is 61.0 Å². The number of carbonyl (C=O) groups excluding carboxylic acids is 1. The van der Waals surface area contributed by atoms with Gasteiger partial charge in [0.1, 0.15) is 5.82 Å². The second-order valence-electron chi connectivity index (χ2n) is 8.58. The fourth-order valence-electron chi connectivity index (χ4n) is 4.30. The highest BCUT2D eigenvalue weighted by Gasteiger charge is 2.25. The lowest BCUT2D eigenvalue weighted by molar-refractivity contribution is -0.131. The van der Waals surface area contributed by atoms with Crippen LogP contribution in [0.1, 0.15) is 42.1 Å². The molecule has 1 aliphatic heterocycles. The van der Waals surface area contributed by atoms with Crippen molar-refractivity contribution >= 4 is 11.7 Å². The van der Waals surface area contributed by atoms with E-state index in [0.717, 1.165) is 61.9 Å². The summed E-state index contributed by atoms with van der Waals surface area (Å²) in [6.07, 6.45) is 2.32. The van der Waals surface area contributed by atoms with Crippen LogP contribution >= 0.6 is 0 Å². The van der Waals surface area contributed by atoms with E-state index in [1.807, 2.05) is 11.0 Å². The van der Waals surface area contributed by atoms with Gasteiger partial charge in [-0.2, -0.15) is 0 Å². The Labute approximate surface area is 191 Å². The SMILES string of the molecule is CCCC(=O)N1CCN(c2nc(-c3cccc(C)c3)nc(C)c2Cc2ccccc2)CC1. The predicted molar refractivity (Wildman–Crippen MR) is 130 cm³/mol. The number of aryl methyl sites for hydroxylation is 2. The molecule has 0 N–H and O–H groups in total. The van der Waals surface area contributed by atoms with Crippen LogP contribution in [0, 0.1) is 13.8 Å². The van der Waals surface area contributed by atoms with Crippen molar-refractivity contribution in [3.05, 3.63) is 77.0 Å². The first-order valence-electron chi connectivity index (χ1n) is 11.6. The lowest BCUT2D eigenvalue weighted by atomic mass is 10.0. The first kappa shape index (κ1) is 22.0. The van der Waals surface area contributed by atoms with Crippen molar-refractivity contribution in [3.63, 3.8) is 0 Å². The number of nitrogens with zero attached hydrogens (tertiary/aromatic N) is 4. The Bertz CT molecular complexity index is 1070. The fourth-order valence-corrected chi connectivity index (χ4v) is 4.30. The fraction of sp³-hybridized carbons (Fsp3) is 0.370. The van der Waals surface area contributed by atoms with Crippen molar-refractivity contribution in [3.8, 4) is 11.4 Å². The predicted octanol–water partition coefficient (Wildman–Crippen LogP) is 4.80. The van der Waals surface area contributed by atoms with Crippen LogP contribution in [0.25, 0.3) is 11.4 Å². The zero-order valence-corrected chi connectivity index (χ0v) is 19.3. The number of piperazine rings is 1. The molecule has 0 bridgehead atoms. The summed E-state index contributed by atoms with van der Waals surface area (Å²) in [4.78, 5) is 26.7. The van der Waals surface area contributed by atoms with Crippen molar-refractivity contribution in [2.75, 3.05) is 31.1 Å². The second-order valence-corrected chi connectivity index (χ2v) is 8.58.